The van der Waals surface area contributed by atoms with Gasteiger partial charge in [-0.15, -0.1) is 5.10 Å². The standard InChI is InChI=1S/C41H41ClN10O5.C3H6/c1-23-16-24(17-32(36(23)42)51-13-9-35(53)47-40(51)56)39(55)49-14-10-41(11-15-49)19-26(20-41)57-25-6-7-29(45-21-25)27-4-3-5-31-28(27)8-12-50(31)34-18-30(44-2)38-46-22-33(37(43)54)52(38)48-34;1-2-3-1/h3-7,16-18,21-22,26,44H,8-15,19-20H2,1-2H3,(H2,43,54)(H,47,53,56);1-3H2. The van der Waals surface area contributed by atoms with Gasteiger partial charge in [-0.2, -0.15) is 0 Å². The molecule has 2 saturated carbocycles. The summed E-state index contributed by atoms with van der Waals surface area (Å²) in [6, 6.07) is 15.0. The summed E-state index contributed by atoms with van der Waals surface area (Å²) < 4.78 is 7.88. The first kappa shape index (κ1) is 39.3. The van der Waals surface area contributed by atoms with Gasteiger partial charge in [-0.25, -0.2) is 14.3 Å². The van der Waals surface area contributed by atoms with Crippen molar-refractivity contribution in [3.8, 4) is 17.0 Å². The number of carbonyl (C=O) groups is 4. The number of aromatic nitrogens is 4. The Morgan fingerprint density at radius 1 is 0.933 bits per heavy atom. The van der Waals surface area contributed by atoms with Gasteiger partial charge in [0.15, 0.2) is 11.5 Å². The number of amides is 5. The summed E-state index contributed by atoms with van der Waals surface area (Å²) in [5, 5.41) is 10.6. The molecule has 3 aliphatic heterocycles. The molecule has 15 nitrogen and oxygen atoms in total. The number of ether oxygens (including phenoxy) is 1. The number of nitrogens with two attached hydrogens (primary N) is 1. The average Bonchev–Trinajstić information content (AvgIpc) is 3.96. The fourth-order valence-electron chi connectivity index (χ4n) is 8.78. The van der Waals surface area contributed by atoms with Crippen LogP contribution in [0.2, 0.25) is 5.02 Å². The molecule has 3 aromatic heterocycles. The third-order valence-electron chi connectivity index (χ3n) is 12.2. The minimum atomic E-state index is -0.600. The number of nitrogens with zero attached hydrogens (tertiary/aromatic N) is 7. The number of pyridine rings is 1. The molecule has 1 spiro atoms. The minimum absolute atomic E-state index is 0.0800. The third kappa shape index (κ3) is 7.46. The number of rotatable bonds is 8. The van der Waals surface area contributed by atoms with Gasteiger partial charge in [-0.3, -0.25) is 29.6 Å². The summed E-state index contributed by atoms with van der Waals surface area (Å²) in [4.78, 5) is 64.6. The van der Waals surface area contributed by atoms with Gasteiger partial charge in [0.2, 0.25) is 5.91 Å². The number of nitrogens with one attached hydrogen (secondary N) is 2. The van der Waals surface area contributed by atoms with E-state index in [1.165, 1.54) is 34.9 Å². The number of hydrogen-bond acceptors (Lipinski definition) is 10. The number of anilines is 4. The topological polar surface area (TPSA) is 180 Å². The second-order valence-corrected chi connectivity index (χ2v) is 16.8. The molecule has 0 radical (unpaired) electrons. The normalized spacial score (nSPS) is 18.1. The van der Waals surface area contributed by atoms with Gasteiger partial charge in [0.25, 0.3) is 11.8 Å². The monoisotopic (exact) mass is 830 g/mol. The zero-order valence-corrected chi connectivity index (χ0v) is 34.4. The molecule has 4 fully saturated rings. The van der Waals surface area contributed by atoms with Crippen molar-refractivity contribution in [3.05, 3.63) is 88.3 Å². The van der Waals surface area contributed by atoms with Crippen molar-refractivity contribution in [1.29, 1.82) is 0 Å². The summed E-state index contributed by atoms with van der Waals surface area (Å²) in [7, 11) is 1.80. The van der Waals surface area contributed by atoms with Crippen molar-refractivity contribution in [2.75, 3.05) is 48.3 Å². The smallest absolute Gasteiger partial charge is 0.328 e. The molecule has 60 heavy (non-hydrogen) atoms. The number of imidazole rings is 1. The lowest BCUT2D eigenvalue weighted by Crippen LogP contribution is -2.52. The van der Waals surface area contributed by atoms with E-state index in [-0.39, 0.29) is 42.0 Å². The van der Waals surface area contributed by atoms with Crippen LogP contribution in [0.1, 0.15) is 83.3 Å². The lowest BCUT2D eigenvalue weighted by Gasteiger charge is -2.51. The summed E-state index contributed by atoms with van der Waals surface area (Å²) in [6.45, 7) is 3.99. The lowest BCUT2D eigenvalue weighted by molar-refractivity contribution is -0.120. The molecule has 16 heteroatoms. The Morgan fingerprint density at radius 2 is 1.70 bits per heavy atom. The predicted molar refractivity (Wildman–Crippen MR) is 228 cm³/mol. The summed E-state index contributed by atoms with van der Waals surface area (Å²) in [5.41, 5.74) is 12.9. The van der Waals surface area contributed by atoms with Gasteiger partial charge < -0.3 is 25.6 Å². The van der Waals surface area contributed by atoms with E-state index in [1.54, 1.807) is 25.4 Å². The van der Waals surface area contributed by atoms with Gasteiger partial charge in [0.05, 0.1) is 40.6 Å². The van der Waals surface area contributed by atoms with Crippen LogP contribution in [-0.2, 0) is 11.2 Å². The molecule has 2 saturated heterocycles. The fourth-order valence-corrected chi connectivity index (χ4v) is 8.99. The molecular weight excluding hydrogens is 784 g/mol. The van der Waals surface area contributed by atoms with Crippen LogP contribution in [0.4, 0.5) is 27.7 Å². The molecule has 2 aromatic carbocycles. The predicted octanol–water partition coefficient (Wildman–Crippen LogP) is 6.67. The zero-order valence-electron chi connectivity index (χ0n) is 33.7. The van der Waals surface area contributed by atoms with E-state index in [4.69, 9.17) is 32.2 Å². The van der Waals surface area contributed by atoms with Crippen LogP contribution in [0.25, 0.3) is 16.9 Å². The fraction of sp³-hybridized carbons (Fsp3) is 0.386. The summed E-state index contributed by atoms with van der Waals surface area (Å²) in [6.07, 6.45) is 12.4. The quantitative estimate of drug-likeness (QED) is 0.153. The highest BCUT2D eigenvalue weighted by Crippen LogP contribution is 2.51. The van der Waals surface area contributed by atoms with Crippen LogP contribution in [-0.4, -0.2) is 87.6 Å². The minimum Gasteiger partial charge on any atom is -0.489 e. The molecule has 0 atom stereocenters. The molecule has 2 aliphatic carbocycles. The molecule has 5 aliphatic rings. The van der Waals surface area contributed by atoms with Crippen molar-refractivity contribution in [3.63, 3.8) is 0 Å². The Bertz CT molecular complexity index is 2520. The first-order valence-electron chi connectivity index (χ1n) is 20.6. The lowest BCUT2D eigenvalue weighted by atomic mass is 9.61. The summed E-state index contributed by atoms with van der Waals surface area (Å²) >= 11 is 6.57. The van der Waals surface area contributed by atoms with Crippen LogP contribution in [0.5, 0.6) is 5.75 Å². The highest BCUT2D eigenvalue weighted by Gasteiger charge is 2.48. The molecule has 0 bridgehead atoms. The Kier molecular flexibility index (Phi) is 10.3. The maximum atomic E-state index is 13.7. The van der Waals surface area contributed by atoms with E-state index in [2.05, 4.69) is 32.7 Å². The number of likely N-dealkylation sites (tertiary alicyclic amines) is 1. The molecule has 5 aromatic rings. The van der Waals surface area contributed by atoms with E-state index in [0.717, 1.165) is 66.0 Å². The number of halogens is 1. The second kappa shape index (κ2) is 15.8. The second-order valence-electron chi connectivity index (χ2n) is 16.4. The van der Waals surface area contributed by atoms with Crippen LogP contribution in [0.15, 0.2) is 60.9 Å². The van der Waals surface area contributed by atoms with Gasteiger partial charge >= 0.3 is 6.03 Å². The van der Waals surface area contributed by atoms with Crippen LogP contribution in [0, 0.1) is 12.3 Å². The van der Waals surface area contributed by atoms with Gasteiger partial charge in [0, 0.05) is 62.5 Å². The molecule has 5 amide bonds. The molecule has 310 valence electrons. The van der Waals surface area contributed by atoms with Crippen molar-refractivity contribution in [2.24, 2.45) is 11.1 Å². The number of hydrogen-bond donors (Lipinski definition) is 3. The maximum Gasteiger partial charge on any atom is 0.328 e. The number of aryl methyl sites for hydroxylation is 1. The van der Waals surface area contributed by atoms with Crippen LogP contribution in [0.3, 0.4) is 0 Å². The Balaban J connectivity index is 0.00000148. The van der Waals surface area contributed by atoms with Gasteiger partial charge in [-0.1, -0.05) is 43.0 Å². The highest BCUT2D eigenvalue weighted by molar-refractivity contribution is 6.35. The first-order valence-corrected chi connectivity index (χ1v) is 21.0. The number of imide groups is 1. The van der Waals surface area contributed by atoms with Gasteiger partial charge in [0.1, 0.15) is 11.4 Å². The number of piperidine rings is 1. The van der Waals surface area contributed by atoms with E-state index in [1.807, 2.05) is 36.1 Å². The van der Waals surface area contributed by atoms with Crippen molar-refractivity contribution in [1.82, 2.24) is 29.8 Å². The Hall–Kier alpha value is -6.22. The highest BCUT2D eigenvalue weighted by atomic mass is 35.5. The van der Waals surface area contributed by atoms with E-state index >= 15 is 0 Å². The van der Waals surface area contributed by atoms with Gasteiger partial charge in [-0.05, 0) is 85.9 Å². The van der Waals surface area contributed by atoms with E-state index < -0.39 is 11.9 Å². The maximum absolute atomic E-state index is 13.7. The number of carbonyl (C=O) groups excluding carboxylic acids is 4. The van der Waals surface area contributed by atoms with Crippen LogP contribution < -0.4 is 30.9 Å². The Labute approximate surface area is 352 Å². The molecule has 10 rings (SSSR count). The van der Waals surface area contributed by atoms with Crippen molar-refractivity contribution in [2.45, 2.75) is 70.8 Å². The first-order chi connectivity index (χ1) is 29.0. The number of urea groups is 1. The van der Waals surface area contributed by atoms with E-state index in [9.17, 15) is 19.2 Å². The zero-order chi connectivity index (χ0) is 41.7. The van der Waals surface area contributed by atoms with Crippen molar-refractivity contribution >= 4 is 63.9 Å². The van der Waals surface area contributed by atoms with Crippen molar-refractivity contribution < 1.29 is 23.9 Å². The Morgan fingerprint density at radius 3 is 2.38 bits per heavy atom. The molecular formula is C44H47ClN10O5. The SMILES string of the molecule is C1CC1.CNc1cc(N2CCc3c(-c4ccc(OC5CC6(CCN(C(=O)c7cc(C)c(Cl)c(N8CCC(=O)NC8=O)c7)CC6)C5)cn4)cccc32)nn2c(C(N)=O)cnc12. The molecule has 0 unspecified atom stereocenters. The third-order valence-corrected chi connectivity index (χ3v) is 12.7. The number of benzene rings is 2. The average molecular weight is 831 g/mol. The number of fused-ring (bicyclic) bond motifs is 2. The largest absolute Gasteiger partial charge is 0.489 e. The van der Waals surface area contributed by atoms with Crippen LogP contribution >= 0.6 is 11.6 Å². The summed E-state index contributed by atoms with van der Waals surface area (Å²) in [5.74, 6) is 0.375. The number of primary amides is 1. The van der Waals surface area contributed by atoms with E-state index in [0.29, 0.717) is 52.9 Å². The molecule has 4 N–H and O–H groups in total. The molecule has 6 heterocycles.